The number of rotatable bonds is 3. The van der Waals surface area contributed by atoms with Crippen LogP contribution in [0.4, 0.5) is 0 Å². The van der Waals surface area contributed by atoms with Gasteiger partial charge in [0.15, 0.2) is 0 Å². The minimum Gasteiger partial charge on any atom is -0.0587 e. The monoisotopic (exact) mass is 496 g/mol. The molecule has 0 spiro atoms. The first-order chi connectivity index (χ1) is 18.1. The molecule has 0 heteroatoms. The van der Waals surface area contributed by atoms with E-state index in [-0.39, 0.29) is 0 Å². The van der Waals surface area contributed by atoms with E-state index < -0.39 is 0 Å². The van der Waals surface area contributed by atoms with Crippen molar-refractivity contribution in [3.8, 4) is 33.4 Å². The molecule has 0 heterocycles. The second-order valence-electron chi connectivity index (χ2n) is 10.8. The van der Waals surface area contributed by atoms with Crippen LogP contribution >= 0.6 is 0 Å². The third-order valence-corrected chi connectivity index (χ3v) is 7.50. The van der Waals surface area contributed by atoms with E-state index in [2.05, 4.69) is 152 Å². The van der Waals surface area contributed by atoms with Crippen molar-refractivity contribution in [3.63, 3.8) is 0 Å². The lowest BCUT2D eigenvalue weighted by Crippen LogP contribution is -1.90. The highest BCUT2D eigenvalue weighted by Crippen LogP contribution is 2.32. The second kappa shape index (κ2) is 11.7. The van der Waals surface area contributed by atoms with Crippen LogP contribution in [0.5, 0.6) is 0 Å². The summed E-state index contributed by atoms with van der Waals surface area (Å²) in [7, 11) is 0. The lowest BCUT2D eigenvalue weighted by molar-refractivity contribution is 1.30. The van der Waals surface area contributed by atoms with Crippen LogP contribution in [0.25, 0.3) is 33.4 Å². The fourth-order valence-corrected chi connectivity index (χ4v) is 4.91. The normalized spacial score (nSPS) is 10.6. The first-order valence-corrected chi connectivity index (χ1v) is 13.5. The predicted octanol–water partition coefficient (Wildman–Crippen LogP) is 10.8. The minimum absolute atomic E-state index is 1.29. The summed E-state index contributed by atoms with van der Waals surface area (Å²) < 4.78 is 0. The Hall–Kier alpha value is -3.90. The van der Waals surface area contributed by atoms with E-state index in [4.69, 9.17) is 0 Å². The maximum Gasteiger partial charge on any atom is -0.0152 e. The van der Waals surface area contributed by atoms with Crippen LogP contribution in [0.2, 0.25) is 0 Å². The van der Waals surface area contributed by atoms with Crippen LogP contribution in [0, 0.1) is 55.4 Å². The summed E-state index contributed by atoms with van der Waals surface area (Å²) in [5, 5.41) is 0. The van der Waals surface area contributed by atoms with E-state index in [0.717, 1.165) is 0 Å². The highest BCUT2D eigenvalue weighted by molar-refractivity contribution is 5.76. The average Bonchev–Trinajstić information content (AvgIpc) is 2.89. The fourth-order valence-electron chi connectivity index (χ4n) is 4.91. The first kappa shape index (κ1) is 27.1. The van der Waals surface area contributed by atoms with E-state index in [1.165, 1.54) is 77.9 Å². The molecule has 0 atom stereocenters. The van der Waals surface area contributed by atoms with Gasteiger partial charge in [0.05, 0.1) is 0 Å². The quantitative estimate of drug-likeness (QED) is 0.233. The molecule has 0 unspecified atom stereocenters. The molecule has 0 radical (unpaired) electrons. The Labute approximate surface area is 230 Å². The van der Waals surface area contributed by atoms with Gasteiger partial charge in [-0.05, 0) is 117 Å². The lowest BCUT2D eigenvalue weighted by atomic mass is 9.91. The van der Waals surface area contributed by atoms with Crippen LogP contribution in [-0.4, -0.2) is 0 Å². The molecule has 5 aromatic carbocycles. The van der Waals surface area contributed by atoms with Crippen molar-refractivity contribution in [2.45, 2.75) is 55.4 Å². The molecular formula is C38H40. The van der Waals surface area contributed by atoms with Gasteiger partial charge in [0.25, 0.3) is 0 Å². The van der Waals surface area contributed by atoms with Crippen LogP contribution < -0.4 is 0 Å². The topological polar surface area (TPSA) is 0 Å². The number of hydrogen-bond acceptors (Lipinski definition) is 0. The standard InChI is InChI=1S/C22H22.C16H18/c1-15-5-9-19(10-6-15)21-13-18(4)22(14-17(21)3)20-11-7-16(2)8-12-20;1-11-5-7-15(8-6-11)16-10-13(3)12(2)9-14(16)4/h5-14H,1-4H3;5-10H,1-4H3. The van der Waals surface area contributed by atoms with Crippen LogP contribution in [-0.2, 0) is 0 Å². The molecule has 38 heavy (non-hydrogen) atoms. The summed E-state index contributed by atoms with van der Waals surface area (Å²) in [6, 6.07) is 35.5. The Morgan fingerprint density at radius 3 is 0.816 bits per heavy atom. The third kappa shape index (κ3) is 6.32. The van der Waals surface area contributed by atoms with Gasteiger partial charge in [0.1, 0.15) is 0 Å². The molecule has 0 aliphatic carbocycles. The predicted molar refractivity (Wildman–Crippen MR) is 167 cm³/mol. The van der Waals surface area contributed by atoms with Gasteiger partial charge in [-0.25, -0.2) is 0 Å². The van der Waals surface area contributed by atoms with Gasteiger partial charge < -0.3 is 0 Å². The Balaban J connectivity index is 0.000000186. The molecule has 0 saturated carbocycles. The highest BCUT2D eigenvalue weighted by atomic mass is 14.1. The molecule has 0 nitrogen and oxygen atoms in total. The molecule has 192 valence electrons. The van der Waals surface area contributed by atoms with E-state index in [1.807, 2.05) is 0 Å². The maximum absolute atomic E-state index is 2.31. The van der Waals surface area contributed by atoms with E-state index in [0.29, 0.717) is 0 Å². The summed E-state index contributed by atoms with van der Waals surface area (Å²) in [4.78, 5) is 0. The van der Waals surface area contributed by atoms with E-state index in [9.17, 15) is 0 Å². The zero-order valence-corrected chi connectivity index (χ0v) is 24.2. The van der Waals surface area contributed by atoms with Crippen molar-refractivity contribution >= 4 is 0 Å². The first-order valence-electron chi connectivity index (χ1n) is 13.5. The molecule has 0 N–H and O–H groups in total. The van der Waals surface area contributed by atoms with Crippen molar-refractivity contribution in [2.24, 2.45) is 0 Å². The molecule has 0 amide bonds. The SMILES string of the molecule is Cc1ccc(-c2cc(C)c(-c3ccc(C)cc3)cc2C)cc1.Cc1ccc(-c2cc(C)c(C)cc2C)cc1. The Morgan fingerprint density at radius 1 is 0.263 bits per heavy atom. The number of benzene rings is 5. The van der Waals surface area contributed by atoms with Crippen LogP contribution in [0.15, 0.2) is 97.1 Å². The van der Waals surface area contributed by atoms with E-state index in [1.54, 1.807) is 0 Å². The molecule has 5 rings (SSSR count). The van der Waals surface area contributed by atoms with Gasteiger partial charge in [0, 0.05) is 0 Å². The van der Waals surface area contributed by atoms with Gasteiger partial charge in [0.2, 0.25) is 0 Å². The van der Waals surface area contributed by atoms with Crippen molar-refractivity contribution < 1.29 is 0 Å². The summed E-state index contributed by atoms with van der Waals surface area (Å²) in [5.74, 6) is 0. The summed E-state index contributed by atoms with van der Waals surface area (Å²) in [6.45, 7) is 17.3. The second-order valence-corrected chi connectivity index (χ2v) is 10.8. The zero-order valence-electron chi connectivity index (χ0n) is 24.2. The molecule has 0 saturated heterocycles. The average molecular weight is 497 g/mol. The molecule has 0 bridgehead atoms. The van der Waals surface area contributed by atoms with Crippen molar-refractivity contribution in [1.29, 1.82) is 0 Å². The van der Waals surface area contributed by atoms with Gasteiger partial charge in [-0.3, -0.25) is 0 Å². The highest BCUT2D eigenvalue weighted by Gasteiger charge is 2.08. The van der Waals surface area contributed by atoms with Gasteiger partial charge in [-0.15, -0.1) is 0 Å². The number of hydrogen-bond donors (Lipinski definition) is 0. The molecule has 5 aromatic rings. The Bertz CT molecular complexity index is 1460. The maximum atomic E-state index is 2.31. The van der Waals surface area contributed by atoms with Crippen molar-refractivity contribution in [2.75, 3.05) is 0 Å². The van der Waals surface area contributed by atoms with Gasteiger partial charge in [-0.1, -0.05) is 114 Å². The Morgan fingerprint density at radius 2 is 0.500 bits per heavy atom. The summed E-state index contributed by atoms with van der Waals surface area (Å²) in [6.07, 6.45) is 0. The largest absolute Gasteiger partial charge is 0.0587 e. The van der Waals surface area contributed by atoms with E-state index >= 15 is 0 Å². The van der Waals surface area contributed by atoms with Crippen LogP contribution in [0.1, 0.15) is 44.5 Å². The lowest BCUT2D eigenvalue weighted by Gasteiger charge is -2.13. The van der Waals surface area contributed by atoms with Crippen LogP contribution in [0.3, 0.4) is 0 Å². The minimum atomic E-state index is 1.29. The number of aryl methyl sites for hydroxylation is 8. The fraction of sp³-hybridized carbons (Fsp3) is 0.211. The summed E-state index contributed by atoms with van der Waals surface area (Å²) in [5.41, 5.74) is 18.5. The molecular weight excluding hydrogens is 456 g/mol. The zero-order chi connectivity index (χ0) is 27.4. The van der Waals surface area contributed by atoms with Crippen molar-refractivity contribution in [1.82, 2.24) is 0 Å². The molecule has 0 aromatic heterocycles. The smallest absolute Gasteiger partial charge is 0.0152 e. The van der Waals surface area contributed by atoms with Gasteiger partial charge in [-0.2, -0.15) is 0 Å². The van der Waals surface area contributed by atoms with Gasteiger partial charge >= 0.3 is 0 Å². The van der Waals surface area contributed by atoms with Crippen molar-refractivity contribution in [3.05, 3.63) is 142 Å². The third-order valence-electron chi connectivity index (χ3n) is 7.50. The molecule has 0 aliphatic heterocycles. The Kier molecular flexibility index (Phi) is 8.32. The molecule has 0 fully saturated rings. The molecule has 0 aliphatic rings. The summed E-state index contributed by atoms with van der Waals surface area (Å²) >= 11 is 0.